The maximum Gasteiger partial charge on any atom is 0.416 e. The Bertz CT molecular complexity index is 3520. The zero-order valence-electron chi connectivity index (χ0n) is 44.7. The van der Waals surface area contributed by atoms with Gasteiger partial charge in [-0.2, -0.15) is 13.2 Å². The predicted molar refractivity (Wildman–Crippen MR) is 306 cm³/mol. The van der Waals surface area contributed by atoms with Gasteiger partial charge in [0.15, 0.2) is 5.60 Å². The summed E-state index contributed by atoms with van der Waals surface area (Å²) in [5.41, 5.74) is 7.72. The molecule has 0 saturated heterocycles. The summed E-state index contributed by atoms with van der Waals surface area (Å²) in [5.74, 6) is 1.76. The smallest absolute Gasteiger partial charge is 0.416 e. The van der Waals surface area contributed by atoms with Crippen molar-refractivity contribution in [3.05, 3.63) is 208 Å². The molecule has 1 atom stereocenters. The van der Waals surface area contributed by atoms with Gasteiger partial charge in [-0.25, -0.2) is 4.39 Å². The fourth-order valence-electron chi connectivity index (χ4n) is 12.5. The largest absolute Gasteiger partial charge is 0.508 e. The van der Waals surface area contributed by atoms with Gasteiger partial charge in [-0.15, -0.1) is 0 Å². The number of carbonyl (C=O) groups is 1. The van der Waals surface area contributed by atoms with Crippen LogP contribution in [0.4, 0.5) is 23.2 Å². The van der Waals surface area contributed by atoms with Gasteiger partial charge < -0.3 is 19.9 Å². The summed E-state index contributed by atoms with van der Waals surface area (Å²) in [6.45, 7) is 8.91. The summed E-state index contributed by atoms with van der Waals surface area (Å²) in [7, 11) is 0. The molecule has 0 bridgehead atoms. The van der Waals surface area contributed by atoms with E-state index in [1.165, 1.54) is 75.1 Å². The first-order valence-electron chi connectivity index (χ1n) is 27.7. The average molecular weight is 1050 g/mol. The number of anilines is 1. The van der Waals surface area contributed by atoms with E-state index in [-0.39, 0.29) is 22.8 Å². The standard InChI is InChI=1S/C69H65F4NO4/c1-5-7-9-10-43-11-13-44(14-12-43)45-15-17-46(18-16-45)47-19-21-49(22-20-47)66(76)74-55-32-23-48(24-33-55)50-40-60-62-57-36-29-53(69(71,72)73)42-59(57)65-58(64(62)67(3,4)63(60)61(75)41-50)37-38-68(78-65,51-25-30-54(70)31-26-51)52-27-34-56(35-28-52)77-39-8-6-2/h15-38,40-44,75H,5-14,39H2,1-4H3,(H,74,76)/t43-,44-,68?. The highest BCUT2D eigenvalue weighted by atomic mass is 19.4. The van der Waals surface area contributed by atoms with Gasteiger partial charge in [0.1, 0.15) is 23.1 Å². The quantitative estimate of drug-likeness (QED) is 0.0793. The van der Waals surface area contributed by atoms with Crippen LogP contribution in [0.25, 0.3) is 50.2 Å². The van der Waals surface area contributed by atoms with Crippen LogP contribution in [0.5, 0.6) is 17.2 Å². The molecule has 3 aliphatic rings. The Kier molecular flexibility index (Phi) is 14.3. The molecule has 1 saturated carbocycles. The molecular formula is C69H65F4NO4. The van der Waals surface area contributed by atoms with Gasteiger partial charge in [0.05, 0.1) is 12.2 Å². The zero-order chi connectivity index (χ0) is 54.3. The number of nitrogens with one attached hydrogen (secondary N) is 1. The lowest BCUT2D eigenvalue weighted by molar-refractivity contribution is -0.137. The molecule has 11 rings (SSSR count). The normalized spacial score (nSPS) is 18.2. The predicted octanol–water partition coefficient (Wildman–Crippen LogP) is 19.0. The molecule has 0 spiro atoms. The zero-order valence-corrected chi connectivity index (χ0v) is 44.7. The van der Waals surface area contributed by atoms with Gasteiger partial charge in [-0.1, -0.05) is 145 Å². The number of amides is 1. The maximum atomic E-state index is 14.7. The minimum Gasteiger partial charge on any atom is -0.508 e. The second-order valence-electron chi connectivity index (χ2n) is 22.1. The van der Waals surface area contributed by atoms with Crippen LogP contribution < -0.4 is 14.8 Å². The highest BCUT2D eigenvalue weighted by Crippen LogP contribution is 2.61. The first-order chi connectivity index (χ1) is 37.6. The lowest BCUT2D eigenvalue weighted by atomic mass is 9.76. The van der Waals surface area contributed by atoms with Crippen molar-refractivity contribution in [2.75, 3.05) is 11.9 Å². The van der Waals surface area contributed by atoms with Gasteiger partial charge in [0.25, 0.3) is 5.91 Å². The summed E-state index contributed by atoms with van der Waals surface area (Å²) < 4.78 is 71.9. The minimum atomic E-state index is -4.66. The number of hydrogen-bond donors (Lipinski definition) is 2. The summed E-state index contributed by atoms with van der Waals surface area (Å²) in [5, 5.41) is 15.9. The Morgan fingerprint density at radius 2 is 1.32 bits per heavy atom. The van der Waals surface area contributed by atoms with E-state index in [1.807, 2.05) is 105 Å². The number of fused-ring (bicyclic) bond motifs is 8. The van der Waals surface area contributed by atoms with E-state index in [0.717, 1.165) is 53.1 Å². The molecule has 9 heteroatoms. The van der Waals surface area contributed by atoms with E-state index >= 15 is 0 Å². The molecule has 398 valence electrons. The monoisotopic (exact) mass is 1050 g/mol. The van der Waals surface area contributed by atoms with Gasteiger partial charge in [0, 0.05) is 44.3 Å². The van der Waals surface area contributed by atoms with E-state index in [9.17, 15) is 27.5 Å². The molecule has 1 heterocycles. The van der Waals surface area contributed by atoms with Crippen molar-refractivity contribution in [2.45, 2.75) is 115 Å². The first-order valence-corrected chi connectivity index (χ1v) is 27.7. The van der Waals surface area contributed by atoms with Crippen LogP contribution in [0.3, 0.4) is 0 Å². The topological polar surface area (TPSA) is 67.8 Å². The van der Waals surface area contributed by atoms with Crippen molar-refractivity contribution in [2.24, 2.45) is 5.92 Å². The average Bonchev–Trinajstić information content (AvgIpc) is 3.73. The molecule has 2 aliphatic carbocycles. The van der Waals surface area contributed by atoms with Gasteiger partial charge in [0.2, 0.25) is 0 Å². The molecule has 1 aliphatic heterocycles. The van der Waals surface area contributed by atoms with Crippen LogP contribution in [-0.4, -0.2) is 17.6 Å². The van der Waals surface area contributed by atoms with E-state index < -0.39 is 28.6 Å². The van der Waals surface area contributed by atoms with Crippen molar-refractivity contribution in [3.63, 3.8) is 0 Å². The summed E-state index contributed by atoms with van der Waals surface area (Å²) in [6, 6.07) is 44.8. The highest BCUT2D eigenvalue weighted by Gasteiger charge is 2.46. The SMILES string of the molecule is CCCCC[C@H]1CC[C@H](c2ccc(-c3ccc(C(=O)Nc4ccc(-c5cc(O)c6c(c5)-c5c(c7c(c8cc(C(F)(F)F)ccc58)OC(c5ccc(F)cc5)(c5ccc(OCCCC)cc5)C=C7)C6(C)C)cc4)cc3)cc2)CC1. The fourth-order valence-corrected chi connectivity index (χ4v) is 12.5. The van der Waals surface area contributed by atoms with E-state index in [4.69, 9.17) is 9.47 Å². The van der Waals surface area contributed by atoms with Crippen molar-refractivity contribution in [1.29, 1.82) is 0 Å². The molecule has 1 unspecified atom stereocenters. The number of phenolic OH excluding ortho intramolecular Hbond substituents is 1. The van der Waals surface area contributed by atoms with E-state index in [1.54, 1.807) is 18.2 Å². The Morgan fingerprint density at radius 3 is 1.97 bits per heavy atom. The van der Waals surface area contributed by atoms with Crippen LogP contribution in [-0.2, 0) is 17.2 Å². The minimum absolute atomic E-state index is 0.0345. The van der Waals surface area contributed by atoms with Gasteiger partial charge in [-0.3, -0.25) is 4.79 Å². The summed E-state index contributed by atoms with van der Waals surface area (Å²) in [4.78, 5) is 13.6. The Labute approximate surface area is 455 Å². The lowest BCUT2D eigenvalue weighted by Crippen LogP contribution is -2.35. The number of phenols is 1. The molecule has 1 fully saturated rings. The molecule has 2 N–H and O–H groups in total. The second kappa shape index (κ2) is 21.3. The molecule has 8 aromatic carbocycles. The first kappa shape index (κ1) is 52.4. The van der Waals surface area contributed by atoms with Crippen LogP contribution in [0.2, 0.25) is 0 Å². The third kappa shape index (κ3) is 9.97. The van der Waals surface area contributed by atoms with Crippen LogP contribution >= 0.6 is 0 Å². The third-order valence-corrected chi connectivity index (χ3v) is 16.7. The molecular weight excluding hydrogens is 983 g/mol. The number of unbranched alkanes of at least 4 members (excludes halogenated alkanes) is 3. The number of alkyl halides is 3. The third-order valence-electron chi connectivity index (χ3n) is 16.7. The van der Waals surface area contributed by atoms with Crippen molar-refractivity contribution in [3.8, 4) is 50.6 Å². The number of halogens is 4. The lowest BCUT2D eigenvalue weighted by Gasteiger charge is -2.38. The molecule has 78 heavy (non-hydrogen) atoms. The van der Waals surface area contributed by atoms with Crippen molar-refractivity contribution < 1.29 is 36.9 Å². The molecule has 5 nitrogen and oxygen atoms in total. The number of rotatable bonds is 15. The van der Waals surface area contributed by atoms with Crippen LogP contribution in [0, 0.1) is 11.7 Å². The molecule has 0 aromatic heterocycles. The highest BCUT2D eigenvalue weighted by molar-refractivity contribution is 6.10. The van der Waals surface area contributed by atoms with Gasteiger partial charge in [-0.05, 0) is 173 Å². The maximum absolute atomic E-state index is 14.7. The number of carbonyl (C=O) groups excluding carboxylic acids is 1. The van der Waals surface area contributed by atoms with Crippen LogP contribution in [0.15, 0.2) is 158 Å². The number of benzene rings is 8. The van der Waals surface area contributed by atoms with E-state index in [0.29, 0.717) is 73.9 Å². The number of hydrogen-bond acceptors (Lipinski definition) is 4. The fraction of sp³-hybridized carbons (Fsp3) is 0.290. The summed E-state index contributed by atoms with van der Waals surface area (Å²) >= 11 is 0. The molecule has 0 radical (unpaired) electrons. The van der Waals surface area contributed by atoms with E-state index in [2.05, 4.69) is 43.4 Å². The number of aromatic hydroxyl groups is 1. The summed E-state index contributed by atoms with van der Waals surface area (Å²) in [6.07, 6.45) is 11.5. The second-order valence-corrected chi connectivity index (χ2v) is 22.1. The Hall–Kier alpha value is -7.65. The number of ether oxygens (including phenoxy) is 2. The Morgan fingerprint density at radius 1 is 0.692 bits per heavy atom. The molecule has 1 amide bonds. The van der Waals surface area contributed by atoms with Crippen molar-refractivity contribution >= 4 is 28.4 Å². The van der Waals surface area contributed by atoms with Crippen LogP contribution in [0.1, 0.15) is 147 Å². The van der Waals surface area contributed by atoms with Gasteiger partial charge >= 0.3 is 6.18 Å². The van der Waals surface area contributed by atoms with Crippen molar-refractivity contribution in [1.82, 2.24) is 0 Å². The molecule has 8 aromatic rings. The Balaban J connectivity index is 0.873.